The second-order valence-electron chi connectivity index (χ2n) is 5.93. The van der Waals surface area contributed by atoms with Crippen LogP contribution in [0.3, 0.4) is 0 Å². The number of halogens is 1. The summed E-state index contributed by atoms with van der Waals surface area (Å²) in [6, 6.07) is 11.2. The molecule has 152 valence electrons. The Morgan fingerprint density at radius 1 is 1.14 bits per heavy atom. The van der Waals surface area contributed by atoms with Crippen LogP contribution < -0.4 is 25.4 Å². The first-order valence-electron chi connectivity index (χ1n) is 8.94. The van der Waals surface area contributed by atoms with Gasteiger partial charge in [-0.15, -0.1) is 24.0 Å². The quantitative estimate of drug-likeness (QED) is 0.306. The van der Waals surface area contributed by atoms with Gasteiger partial charge in [-0.1, -0.05) is 12.1 Å². The zero-order valence-electron chi connectivity index (χ0n) is 15.6. The van der Waals surface area contributed by atoms with E-state index in [9.17, 15) is 4.79 Å². The highest BCUT2D eigenvalue weighted by Crippen LogP contribution is 2.30. The van der Waals surface area contributed by atoms with Gasteiger partial charge in [-0.05, 0) is 31.2 Å². The summed E-state index contributed by atoms with van der Waals surface area (Å²) in [5.41, 5.74) is 0. The number of aliphatic imine (C=N–C) groups is 1. The first-order chi connectivity index (χ1) is 13.2. The van der Waals surface area contributed by atoms with Crippen molar-refractivity contribution in [1.82, 2.24) is 16.0 Å². The molecule has 0 fully saturated rings. The van der Waals surface area contributed by atoms with Crippen LogP contribution in [0.4, 0.5) is 0 Å². The lowest BCUT2D eigenvalue weighted by atomic mass is 10.2. The van der Waals surface area contributed by atoms with Crippen molar-refractivity contribution in [2.75, 3.05) is 26.2 Å². The lowest BCUT2D eigenvalue weighted by Gasteiger charge is -2.27. The highest BCUT2D eigenvalue weighted by atomic mass is 127. The van der Waals surface area contributed by atoms with E-state index in [2.05, 4.69) is 20.9 Å². The lowest BCUT2D eigenvalue weighted by molar-refractivity contribution is -0.119. The van der Waals surface area contributed by atoms with E-state index in [1.807, 2.05) is 31.2 Å². The fraction of sp³-hybridized carbons (Fsp3) is 0.368. The molecule has 0 radical (unpaired) electrons. The number of fused-ring (bicyclic) bond motifs is 1. The number of amides is 1. The largest absolute Gasteiger partial charge is 0.486 e. The van der Waals surface area contributed by atoms with Gasteiger partial charge in [-0.3, -0.25) is 4.79 Å². The highest BCUT2D eigenvalue weighted by molar-refractivity contribution is 14.0. The summed E-state index contributed by atoms with van der Waals surface area (Å²) in [5.74, 6) is 2.55. The molecule has 1 aliphatic heterocycles. The van der Waals surface area contributed by atoms with Crippen molar-refractivity contribution in [2.45, 2.75) is 19.6 Å². The summed E-state index contributed by atoms with van der Waals surface area (Å²) < 4.78 is 16.8. The third-order valence-corrected chi connectivity index (χ3v) is 3.83. The molecule has 8 nitrogen and oxygen atoms in total. The van der Waals surface area contributed by atoms with Gasteiger partial charge < -0.3 is 29.8 Å². The average molecular weight is 500 g/mol. The summed E-state index contributed by atoms with van der Waals surface area (Å²) in [4.78, 5) is 16.2. The Kier molecular flexibility index (Phi) is 8.92. The maximum atomic E-state index is 11.9. The van der Waals surface area contributed by atoms with E-state index in [-0.39, 0.29) is 42.5 Å². The van der Waals surface area contributed by atoms with Crippen LogP contribution >= 0.6 is 24.0 Å². The number of hydrogen-bond acceptors (Lipinski definition) is 5. The molecule has 9 heteroatoms. The van der Waals surface area contributed by atoms with E-state index in [4.69, 9.17) is 13.9 Å². The smallest absolute Gasteiger partial charge is 0.242 e. The van der Waals surface area contributed by atoms with Gasteiger partial charge in [0.2, 0.25) is 5.91 Å². The molecule has 2 aromatic rings. The molecule has 0 aliphatic carbocycles. The predicted octanol–water partition coefficient (Wildman–Crippen LogP) is 1.91. The van der Waals surface area contributed by atoms with E-state index in [0.29, 0.717) is 38.0 Å². The monoisotopic (exact) mass is 500 g/mol. The second-order valence-corrected chi connectivity index (χ2v) is 5.93. The predicted molar refractivity (Wildman–Crippen MR) is 116 cm³/mol. The molecule has 3 N–H and O–H groups in total. The minimum absolute atomic E-state index is 0. The first-order valence-corrected chi connectivity index (χ1v) is 8.94. The third-order valence-electron chi connectivity index (χ3n) is 3.83. The van der Waals surface area contributed by atoms with Gasteiger partial charge in [0.25, 0.3) is 0 Å². The van der Waals surface area contributed by atoms with Crippen LogP contribution in [0.1, 0.15) is 12.7 Å². The second kappa shape index (κ2) is 11.4. The van der Waals surface area contributed by atoms with Gasteiger partial charge in [0, 0.05) is 6.54 Å². The van der Waals surface area contributed by atoms with Gasteiger partial charge >= 0.3 is 0 Å². The van der Waals surface area contributed by atoms with E-state index in [1.165, 1.54) is 0 Å². The topological polar surface area (TPSA) is 97.1 Å². The zero-order chi connectivity index (χ0) is 18.9. The van der Waals surface area contributed by atoms with Crippen LogP contribution in [0.5, 0.6) is 11.5 Å². The number of carbonyl (C=O) groups excluding carboxylic acids is 1. The van der Waals surface area contributed by atoms with Gasteiger partial charge in [0.15, 0.2) is 17.5 Å². The molecule has 0 saturated heterocycles. The van der Waals surface area contributed by atoms with E-state index in [0.717, 1.165) is 11.5 Å². The molecule has 0 saturated carbocycles. The van der Waals surface area contributed by atoms with Gasteiger partial charge in [-0.2, -0.15) is 0 Å². The van der Waals surface area contributed by atoms with Crippen molar-refractivity contribution in [3.63, 3.8) is 0 Å². The van der Waals surface area contributed by atoms with Crippen molar-refractivity contribution in [1.29, 1.82) is 0 Å². The van der Waals surface area contributed by atoms with Crippen LogP contribution in [0.15, 0.2) is 52.1 Å². The molecule has 0 bridgehead atoms. The summed E-state index contributed by atoms with van der Waals surface area (Å²) in [7, 11) is 0. The summed E-state index contributed by atoms with van der Waals surface area (Å²) >= 11 is 0. The molecule has 1 aromatic heterocycles. The van der Waals surface area contributed by atoms with E-state index >= 15 is 0 Å². The fourth-order valence-corrected chi connectivity index (χ4v) is 2.52. The van der Waals surface area contributed by atoms with Crippen molar-refractivity contribution in [2.24, 2.45) is 4.99 Å². The molecular weight excluding hydrogens is 475 g/mol. The van der Waals surface area contributed by atoms with Crippen LogP contribution in [0.2, 0.25) is 0 Å². The molecule has 28 heavy (non-hydrogen) atoms. The minimum atomic E-state index is -0.185. The molecule has 1 amide bonds. The number of furan rings is 1. The summed E-state index contributed by atoms with van der Waals surface area (Å²) in [5, 5.41) is 9.05. The van der Waals surface area contributed by atoms with Crippen LogP contribution in [-0.2, 0) is 11.3 Å². The molecule has 1 atom stereocenters. The van der Waals surface area contributed by atoms with E-state index in [1.54, 1.807) is 18.4 Å². The van der Waals surface area contributed by atoms with Crippen molar-refractivity contribution in [3.05, 3.63) is 48.4 Å². The summed E-state index contributed by atoms with van der Waals surface area (Å²) in [6.45, 7) is 3.97. The fourth-order valence-electron chi connectivity index (χ4n) is 2.52. The van der Waals surface area contributed by atoms with Crippen molar-refractivity contribution in [3.8, 4) is 11.5 Å². The molecule has 3 rings (SSSR count). The molecule has 0 spiro atoms. The van der Waals surface area contributed by atoms with Gasteiger partial charge in [-0.25, -0.2) is 4.99 Å². The molecule has 1 unspecified atom stereocenters. The Bertz CT molecular complexity index is 767. The number of para-hydroxylation sites is 2. The lowest BCUT2D eigenvalue weighted by Crippen LogP contribution is -2.45. The normalized spacial score (nSPS) is 15.3. The minimum Gasteiger partial charge on any atom is -0.486 e. The molecule has 1 aliphatic rings. The molecule has 1 aromatic carbocycles. The van der Waals surface area contributed by atoms with Crippen molar-refractivity contribution >= 4 is 35.8 Å². The SMILES string of the molecule is CCNC(=NCC(=O)NCc1ccco1)NCC1COc2ccccc2O1.I. The Morgan fingerprint density at radius 3 is 2.71 bits per heavy atom. The Balaban J connectivity index is 0.00000280. The zero-order valence-corrected chi connectivity index (χ0v) is 18.0. The van der Waals surface area contributed by atoms with E-state index < -0.39 is 0 Å². The average Bonchev–Trinajstić information content (AvgIpc) is 3.22. The Morgan fingerprint density at radius 2 is 1.96 bits per heavy atom. The number of nitrogens with zero attached hydrogens (tertiary/aromatic N) is 1. The number of benzene rings is 1. The number of ether oxygens (including phenoxy) is 2. The van der Waals surface area contributed by atoms with Gasteiger partial charge in [0.05, 0.1) is 19.4 Å². The highest BCUT2D eigenvalue weighted by Gasteiger charge is 2.20. The Hall–Kier alpha value is -2.43. The number of guanidine groups is 1. The number of rotatable bonds is 7. The number of hydrogen-bond donors (Lipinski definition) is 3. The standard InChI is InChI=1S/C19H24N4O4.HI/c1-2-20-19(23-12-18(24)21-10-14-6-5-9-25-14)22-11-15-13-26-16-7-3-4-8-17(16)27-15;/h3-9,15H,2,10-13H2,1H3,(H,21,24)(H2,20,22,23);1H. The maximum absolute atomic E-state index is 11.9. The molecule has 2 heterocycles. The van der Waals surface area contributed by atoms with Crippen molar-refractivity contribution < 1.29 is 18.7 Å². The van der Waals surface area contributed by atoms with Gasteiger partial charge in [0.1, 0.15) is 25.0 Å². The van der Waals surface area contributed by atoms with Crippen LogP contribution in [-0.4, -0.2) is 44.2 Å². The summed E-state index contributed by atoms with van der Waals surface area (Å²) in [6.07, 6.45) is 1.43. The molecular formula is C19H25IN4O4. The number of carbonyl (C=O) groups is 1. The number of nitrogens with one attached hydrogen (secondary N) is 3. The van der Waals surface area contributed by atoms with Crippen LogP contribution in [0, 0.1) is 0 Å². The van der Waals surface area contributed by atoms with Crippen LogP contribution in [0.25, 0.3) is 0 Å². The third kappa shape index (κ3) is 6.63. The first kappa shape index (κ1) is 21.9. The maximum Gasteiger partial charge on any atom is 0.242 e. The Labute approximate surface area is 181 Å².